The number of aromatic nitrogens is 1. The summed E-state index contributed by atoms with van der Waals surface area (Å²) in [6.07, 6.45) is 1.79. The van der Waals surface area contributed by atoms with E-state index in [0.29, 0.717) is 22.5 Å². The lowest BCUT2D eigenvalue weighted by molar-refractivity contribution is -0.387. The molecular formula is C33H35N5O8S. The highest BCUT2D eigenvalue weighted by Crippen LogP contribution is 2.39. The van der Waals surface area contributed by atoms with Crippen molar-refractivity contribution in [2.24, 2.45) is 5.41 Å². The van der Waals surface area contributed by atoms with Gasteiger partial charge >= 0.3 is 0 Å². The Morgan fingerprint density at radius 3 is 2.26 bits per heavy atom. The van der Waals surface area contributed by atoms with Gasteiger partial charge in [-0.2, -0.15) is 4.31 Å². The minimum Gasteiger partial charge on any atom is -0.493 e. The van der Waals surface area contributed by atoms with Gasteiger partial charge in [0.2, 0.25) is 21.8 Å². The van der Waals surface area contributed by atoms with Gasteiger partial charge in [-0.3, -0.25) is 24.5 Å². The fourth-order valence-corrected chi connectivity index (χ4v) is 7.29. The highest BCUT2D eigenvalue weighted by molar-refractivity contribution is 7.89. The number of benzene rings is 3. The minimum atomic E-state index is -4.36. The van der Waals surface area contributed by atoms with E-state index in [2.05, 4.69) is 0 Å². The molecule has 0 spiro atoms. The molecule has 0 aliphatic carbocycles. The third-order valence-electron chi connectivity index (χ3n) is 8.32. The number of pyridine rings is 1. The highest BCUT2D eigenvalue weighted by atomic mass is 32.2. The number of para-hydroxylation sites is 1. The summed E-state index contributed by atoms with van der Waals surface area (Å²) in [4.78, 5) is 52.5. The average Bonchev–Trinajstić information content (AvgIpc) is 3.10. The molecule has 2 heterocycles. The number of nitro benzene ring substituents is 1. The maximum atomic E-state index is 13.8. The summed E-state index contributed by atoms with van der Waals surface area (Å²) in [5.74, 6) is -0.306. The smallest absolute Gasteiger partial charge is 0.289 e. The molecule has 0 fully saturated rings. The quantitative estimate of drug-likeness (QED) is 0.101. The summed E-state index contributed by atoms with van der Waals surface area (Å²) in [6.45, 7) is 3.04. The first-order valence-corrected chi connectivity index (χ1v) is 16.3. The SMILES string of the molecule is CN1C(=O)C(C)(C)C(=O)N(C)c2cc(OCCCN(CCn3ccc4ccccc4c3=O)S(=O)(=O)c3ccccc3[N+](=O)[O-])ccc21. The molecule has 3 aromatic carbocycles. The molecule has 1 aliphatic rings. The van der Waals surface area contributed by atoms with Gasteiger partial charge in [-0.15, -0.1) is 0 Å². The Morgan fingerprint density at radius 2 is 1.53 bits per heavy atom. The van der Waals surface area contributed by atoms with Crippen LogP contribution < -0.4 is 20.1 Å². The topological polar surface area (TPSA) is 152 Å². The van der Waals surface area contributed by atoms with Crippen molar-refractivity contribution >= 4 is 49.7 Å². The van der Waals surface area contributed by atoms with Crippen molar-refractivity contribution in [1.29, 1.82) is 0 Å². The van der Waals surface area contributed by atoms with Gasteiger partial charge in [0.1, 0.15) is 11.2 Å². The van der Waals surface area contributed by atoms with Crippen molar-refractivity contribution in [3.63, 3.8) is 0 Å². The summed E-state index contributed by atoms with van der Waals surface area (Å²) >= 11 is 0. The van der Waals surface area contributed by atoms with E-state index in [1.54, 1.807) is 70.5 Å². The molecule has 246 valence electrons. The van der Waals surface area contributed by atoms with Crippen LogP contribution in [0.5, 0.6) is 5.75 Å². The van der Waals surface area contributed by atoms with Crippen molar-refractivity contribution < 1.29 is 27.7 Å². The lowest BCUT2D eigenvalue weighted by Crippen LogP contribution is -2.46. The van der Waals surface area contributed by atoms with Gasteiger partial charge in [0, 0.05) is 57.4 Å². The Balaban J connectivity index is 1.36. The molecule has 1 aromatic heterocycles. The predicted octanol–water partition coefficient (Wildman–Crippen LogP) is 4.04. The van der Waals surface area contributed by atoms with E-state index in [4.69, 9.17) is 4.74 Å². The molecule has 0 N–H and O–H groups in total. The van der Waals surface area contributed by atoms with Gasteiger partial charge in [0.05, 0.1) is 22.9 Å². The number of anilines is 2. The fourth-order valence-electron chi connectivity index (χ4n) is 5.67. The van der Waals surface area contributed by atoms with Crippen LogP contribution >= 0.6 is 0 Å². The number of rotatable bonds is 11. The zero-order valence-electron chi connectivity index (χ0n) is 26.5. The molecule has 2 amide bonds. The molecule has 0 radical (unpaired) electrons. The van der Waals surface area contributed by atoms with Crippen molar-refractivity contribution in [2.75, 3.05) is 43.6 Å². The Hall–Kier alpha value is -5.08. The van der Waals surface area contributed by atoms with Crippen molar-refractivity contribution in [3.05, 3.63) is 99.5 Å². The lowest BCUT2D eigenvalue weighted by Gasteiger charge is -2.25. The number of nitro groups is 1. The Labute approximate surface area is 271 Å². The van der Waals surface area contributed by atoms with E-state index in [9.17, 15) is 32.9 Å². The third-order valence-corrected chi connectivity index (χ3v) is 10.3. The number of hydrogen-bond acceptors (Lipinski definition) is 8. The molecule has 13 nitrogen and oxygen atoms in total. The minimum absolute atomic E-state index is 0.0121. The standard InChI is InChI=1S/C33H35N5O8S/c1-33(2)31(40)34(3)26-15-14-24(22-28(26)35(4)32(33)41)46-21-9-17-37(47(44,45)29-13-8-7-12-27(29)38(42)43)20-19-36-18-16-23-10-5-6-11-25(23)30(36)39/h5-8,10-16,18,22H,9,17,19-21H2,1-4H3. The van der Waals surface area contributed by atoms with E-state index < -0.39 is 30.9 Å². The molecule has 1 aliphatic heterocycles. The summed E-state index contributed by atoms with van der Waals surface area (Å²) in [7, 11) is -1.17. The third kappa shape index (κ3) is 6.33. The predicted molar refractivity (Wildman–Crippen MR) is 177 cm³/mol. The monoisotopic (exact) mass is 661 g/mol. The van der Waals surface area contributed by atoms with E-state index in [0.717, 1.165) is 15.8 Å². The number of hydrogen-bond donors (Lipinski definition) is 0. The van der Waals surface area contributed by atoms with Gasteiger partial charge < -0.3 is 19.1 Å². The first-order chi connectivity index (χ1) is 22.2. The Morgan fingerprint density at radius 1 is 0.872 bits per heavy atom. The number of fused-ring (bicyclic) bond motifs is 2. The zero-order valence-corrected chi connectivity index (χ0v) is 27.3. The number of ether oxygens (including phenoxy) is 1. The van der Waals surface area contributed by atoms with E-state index in [1.165, 1.54) is 32.6 Å². The fraction of sp³-hybridized carbons (Fsp3) is 0.303. The van der Waals surface area contributed by atoms with Gasteiger partial charge in [-0.25, -0.2) is 8.42 Å². The second kappa shape index (κ2) is 13.0. The zero-order chi connectivity index (χ0) is 34.1. The average molecular weight is 662 g/mol. The van der Waals surface area contributed by atoms with Gasteiger partial charge in [0.15, 0.2) is 4.90 Å². The molecule has 0 atom stereocenters. The van der Waals surface area contributed by atoms with Crippen LogP contribution in [-0.4, -0.2) is 67.8 Å². The van der Waals surface area contributed by atoms with Crippen LogP contribution in [0.3, 0.4) is 0 Å². The number of amides is 2. The molecule has 14 heteroatoms. The normalized spacial score (nSPS) is 14.7. The molecule has 47 heavy (non-hydrogen) atoms. The second-order valence-corrected chi connectivity index (χ2v) is 13.6. The number of carbonyl (C=O) groups is 2. The van der Waals surface area contributed by atoms with Gasteiger partial charge in [0.25, 0.3) is 11.2 Å². The van der Waals surface area contributed by atoms with Crippen molar-refractivity contribution in [3.8, 4) is 5.75 Å². The number of carbonyl (C=O) groups excluding carboxylic acids is 2. The van der Waals surface area contributed by atoms with Crippen LogP contribution in [0.25, 0.3) is 10.8 Å². The Bertz CT molecular complexity index is 2040. The van der Waals surface area contributed by atoms with Crippen LogP contribution in [0, 0.1) is 15.5 Å². The van der Waals surface area contributed by atoms with Gasteiger partial charge in [-0.1, -0.05) is 30.3 Å². The van der Waals surface area contributed by atoms with Crippen molar-refractivity contribution in [2.45, 2.75) is 31.7 Å². The van der Waals surface area contributed by atoms with E-state index in [1.807, 2.05) is 12.1 Å². The first kappa shape index (κ1) is 33.3. The summed E-state index contributed by atoms with van der Waals surface area (Å²) < 4.78 is 36.1. The maximum Gasteiger partial charge on any atom is 0.289 e. The molecular weight excluding hydrogens is 626 g/mol. The maximum absolute atomic E-state index is 13.8. The lowest BCUT2D eigenvalue weighted by atomic mass is 9.90. The summed E-state index contributed by atoms with van der Waals surface area (Å²) in [5, 5.41) is 13.0. The summed E-state index contributed by atoms with van der Waals surface area (Å²) in [6, 6.07) is 19.0. The van der Waals surface area contributed by atoms with Crippen LogP contribution in [-0.2, 0) is 26.2 Å². The van der Waals surface area contributed by atoms with Crippen molar-refractivity contribution in [1.82, 2.24) is 8.87 Å². The van der Waals surface area contributed by atoms with Crippen LogP contribution in [0.15, 0.2) is 88.7 Å². The highest BCUT2D eigenvalue weighted by Gasteiger charge is 2.44. The van der Waals surface area contributed by atoms with Crippen LogP contribution in [0.1, 0.15) is 20.3 Å². The van der Waals surface area contributed by atoms with Crippen LogP contribution in [0.4, 0.5) is 17.1 Å². The largest absolute Gasteiger partial charge is 0.493 e. The molecule has 0 saturated carbocycles. The molecule has 0 saturated heterocycles. The van der Waals surface area contributed by atoms with E-state index >= 15 is 0 Å². The van der Waals surface area contributed by atoms with E-state index in [-0.39, 0.29) is 50.0 Å². The molecule has 4 aromatic rings. The Kier molecular flexibility index (Phi) is 9.18. The van der Waals surface area contributed by atoms with Gasteiger partial charge in [-0.05, 0) is 56.0 Å². The molecule has 5 rings (SSSR count). The van der Waals surface area contributed by atoms with Crippen LogP contribution in [0.2, 0.25) is 0 Å². The number of sulfonamides is 1. The summed E-state index contributed by atoms with van der Waals surface area (Å²) in [5.41, 5.74) is -1.07. The first-order valence-electron chi connectivity index (χ1n) is 14.9. The second-order valence-electron chi connectivity index (χ2n) is 11.7. The molecule has 0 unspecified atom stereocenters. The molecule has 0 bridgehead atoms. The number of nitrogens with zero attached hydrogens (tertiary/aromatic N) is 5.